The maximum atomic E-state index is 9.90. The Labute approximate surface area is 116 Å². The van der Waals surface area contributed by atoms with Crippen LogP contribution in [-0.4, -0.2) is 36.7 Å². The Morgan fingerprint density at radius 2 is 2.11 bits per heavy atom. The summed E-state index contributed by atoms with van der Waals surface area (Å²) >= 11 is 0. The smallest absolute Gasteiger partial charge is 0.119 e. The highest BCUT2D eigenvalue weighted by atomic mass is 16.3. The number of hydrogen-bond acceptors (Lipinski definition) is 3. The Morgan fingerprint density at radius 1 is 1.37 bits per heavy atom. The third-order valence-corrected chi connectivity index (χ3v) is 4.03. The first-order chi connectivity index (χ1) is 8.99. The van der Waals surface area contributed by atoms with E-state index in [0.29, 0.717) is 23.8 Å². The second-order valence-electron chi connectivity index (χ2n) is 6.22. The Morgan fingerprint density at radius 3 is 2.74 bits per heavy atom. The van der Waals surface area contributed by atoms with Gasteiger partial charge in [-0.05, 0) is 50.0 Å². The van der Waals surface area contributed by atoms with Crippen LogP contribution in [-0.2, 0) is 6.42 Å². The van der Waals surface area contributed by atoms with Crippen molar-refractivity contribution in [2.45, 2.75) is 38.8 Å². The summed E-state index contributed by atoms with van der Waals surface area (Å²) in [4.78, 5) is 2.23. The SMILES string of the molecule is CC(C)C(CN(C)C)NC1CCc2c(O)cccc21. The molecule has 0 aromatic heterocycles. The standard InChI is InChI=1S/C16H26N2O/c1-11(2)15(10-18(3)4)17-14-9-8-13-12(14)6-5-7-16(13)19/h5-7,11,14-15,17,19H,8-10H2,1-4H3. The predicted molar refractivity (Wildman–Crippen MR) is 79.5 cm³/mol. The molecule has 1 aliphatic rings. The topological polar surface area (TPSA) is 35.5 Å². The van der Waals surface area contributed by atoms with Crippen molar-refractivity contribution in [2.24, 2.45) is 5.92 Å². The molecular formula is C16H26N2O. The van der Waals surface area contributed by atoms with Crippen LogP contribution < -0.4 is 5.32 Å². The fourth-order valence-corrected chi connectivity index (χ4v) is 2.92. The Hall–Kier alpha value is -1.06. The zero-order chi connectivity index (χ0) is 14.0. The van der Waals surface area contributed by atoms with Gasteiger partial charge in [0.2, 0.25) is 0 Å². The number of benzene rings is 1. The largest absolute Gasteiger partial charge is 0.508 e. The van der Waals surface area contributed by atoms with Crippen LogP contribution in [0.25, 0.3) is 0 Å². The number of hydrogen-bond donors (Lipinski definition) is 2. The van der Waals surface area contributed by atoms with Crippen molar-refractivity contribution in [3.8, 4) is 5.75 Å². The molecule has 0 fully saturated rings. The van der Waals surface area contributed by atoms with Crippen molar-refractivity contribution in [1.82, 2.24) is 10.2 Å². The quantitative estimate of drug-likeness (QED) is 0.856. The van der Waals surface area contributed by atoms with Crippen LogP contribution in [0.15, 0.2) is 18.2 Å². The van der Waals surface area contributed by atoms with Crippen molar-refractivity contribution >= 4 is 0 Å². The molecule has 0 radical (unpaired) electrons. The molecule has 2 atom stereocenters. The van der Waals surface area contributed by atoms with Gasteiger partial charge in [-0.2, -0.15) is 0 Å². The fraction of sp³-hybridized carbons (Fsp3) is 0.625. The molecule has 3 heteroatoms. The van der Waals surface area contributed by atoms with Crippen molar-refractivity contribution in [3.05, 3.63) is 29.3 Å². The highest BCUT2D eigenvalue weighted by Crippen LogP contribution is 2.36. The van der Waals surface area contributed by atoms with Crippen LogP contribution in [0.2, 0.25) is 0 Å². The third kappa shape index (κ3) is 3.28. The second-order valence-corrected chi connectivity index (χ2v) is 6.22. The molecule has 2 rings (SSSR count). The molecule has 1 aliphatic carbocycles. The van der Waals surface area contributed by atoms with E-state index in [1.165, 1.54) is 5.56 Å². The summed E-state index contributed by atoms with van der Waals surface area (Å²) < 4.78 is 0. The molecule has 106 valence electrons. The average Bonchev–Trinajstić information content (AvgIpc) is 2.72. The van der Waals surface area contributed by atoms with E-state index in [0.717, 1.165) is 24.9 Å². The Bertz CT molecular complexity index is 429. The van der Waals surface area contributed by atoms with Gasteiger partial charge in [-0.15, -0.1) is 0 Å². The van der Waals surface area contributed by atoms with Crippen LogP contribution in [0.3, 0.4) is 0 Å². The molecule has 0 saturated carbocycles. The maximum Gasteiger partial charge on any atom is 0.119 e. The van der Waals surface area contributed by atoms with E-state index in [1.54, 1.807) is 6.07 Å². The number of likely N-dealkylation sites (N-methyl/N-ethyl adjacent to an activating group) is 1. The van der Waals surface area contributed by atoms with Gasteiger partial charge >= 0.3 is 0 Å². The molecule has 3 nitrogen and oxygen atoms in total. The molecule has 1 aromatic carbocycles. The molecule has 0 bridgehead atoms. The van der Waals surface area contributed by atoms with Crippen molar-refractivity contribution in [3.63, 3.8) is 0 Å². The van der Waals surface area contributed by atoms with Gasteiger partial charge in [0.1, 0.15) is 5.75 Å². The Kier molecular flexibility index (Phi) is 4.48. The molecule has 2 unspecified atom stereocenters. The van der Waals surface area contributed by atoms with E-state index in [9.17, 15) is 5.11 Å². The molecular weight excluding hydrogens is 236 g/mol. The van der Waals surface area contributed by atoms with Crippen LogP contribution >= 0.6 is 0 Å². The van der Waals surface area contributed by atoms with E-state index >= 15 is 0 Å². The number of nitrogens with one attached hydrogen (secondary N) is 1. The van der Waals surface area contributed by atoms with Crippen LogP contribution in [0, 0.1) is 5.92 Å². The van der Waals surface area contributed by atoms with E-state index in [1.807, 2.05) is 6.07 Å². The number of fused-ring (bicyclic) bond motifs is 1. The number of phenols is 1. The Balaban J connectivity index is 2.11. The minimum absolute atomic E-state index is 0.384. The van der Waals surface area contributed by atoms with Crippen molar-refractivity contribution in [2.75, 3.05) is 20.6 Å². The van der Waals surface area contributed by atoms with Crippen LogP contribution in [0.5, 0.6) is 5.75 Å². The number of nitrogens with zero attached hydrogens (tertiary/aromatic N) is 1. The van der Waals surface area contributed by atoms with E-state index in [2.05, 4.69) is 44.2 Å². The van der Waals surface area contributed by atoms with Gasteiger partial charge in [-0.3, -0.25) is 0 Å². The van der Waals surface area contributed by atoms with E-state index < -0.39 is 0 Å². The molecule has 0 spiro atoms. The molecule has 0 amide bonds. The highest BCUT2D eigenvalue weighted by molar-refractivity contribution is 5.44. The molecule has 1 aromatic rings. The lowest BCUT2D eigenvalue weighted by molar-refractivity contribution is 0.268. The first-order valence-electron chi connectivity index (χ1n) is 7.20. The molecule has 0 saturated heterocycles. The molecule has 2 N–H and O–H groups in total. The highest BCUT2D eigenvalue weighted by Gasteiger charge is 2.27. The summed E-state index contributed by atoms with van der Waals surface area (Å²) in [6, 6.07) is 6.75. The monoisotopic (exact) mass is 262 g/mol. The molecule has 0 heterocycles. The summed E-state index contributed by atoms with van der Waals surface area (Å²) in [7, 11) is 4.23. The predicted octanol–water partition coefficient (Wildman–Crippen LogP) is 2.56. The van der Waals surface area contributed by atoms with Gasteiger partial charge in [0.05, 0.1) is 0 Å². The van der Waals surface area contributed by atoms with Gasteiger partial charge < -0.3 is 15.3 Å². The third-order valence-electron chi connectivity index (χ3n) is 4.03. The minimum atomic E-state index is 0.384. The van der Waals surface area contributed by atoms with Gasteiger partial charge in [-0.1, -0.05) is 26.0 Å². The average molecular weight is 262 g/mol. The lowest BCUT2D eigenvalue weighted by Crippen LogP contribution is -2.43. The lowest BCUT2D eigenvalue weighted by atomic mass is 10.0. The van der Waals surface area contributed by atoms with Gasteiger partial charge in [0.15, 0.2) is 0 Å². The summed E-state index contributed by atoms with van der Waals surface area (Å²) in [6.45, 7) is 5.57. The lowest BCUT2D eigenvalue weighted by Gasteiger charge is -2.29. The maximum absolute atomic E-state index is 9.90. The summed E-state index contributed by atoms with van der Waals surface area (Å²) in [5, 5.41) is 13.7. The van der Waals surface area contributed by atoms with Crippen molar-refractivity contribution < 1.29 is 5.11 Å². The summed E-state index contributed by atoms with van der Waals surface area (Å²) in [5.41, 5.74) is 2.41. The van der Waals surface area contributed by atoms with Crippen molar-refractivity contribution in [1.29, 1.82) is 0 Å². The minimum Gasteiger partial charge on any atom is -0.508 e. The number of aromatic hydroxyl groups is 1. The summed E-state index contributed by atoms with van der Waals surface area (Å²) in [6.07, 6.45) is 2.07. The van der Waals surface area contributed by atoms with E-state index in [4.69, 9.17) is 0 Å². The van der Waals surface area contributed by atoms with E-state index in [-0.39, 0.29) is 0 Å². The summed E-state index contributed by atoms with van der Waals surface area (Å²) in [5.74, 6) is 1.05. The van der Waals surface area contributed by atoms with Crippen LogP contribution in [0.1, 0.15) is 37.4 Å². The van der Waals surface area contributed by atoms with Gasteiger partial charge in [0.25, 0.3) is 0 Å². The first kappa shape index (κ1) is 14.4. The number of rotatable bonds is 5. The zero-order valence-electron chi connectivity index (χ0n) is 12.5. The normalized spacial score (nSPS) is 20.0. The van der Waals surface area contributed by atoms with Crippen LogP contribution in [0.4, 0.5) is 0 Å². The van der Waals surface area contributed by atoms with Gasteiger partial charge in [0, 0.05) is 18.6 Å². The zero-order valence-corrected chi connectivity index (χ0v) is 12.5. The first-order valence-corrected chi connectivity index (χ1v) is 7.20. The second kappa shape index (κ2) is 5.93. The fourth-order valence-electron chi connectivity index (χ4n) is 2.92. The number of phenolic OH excluding ortho intramolecular Hbond substituents is 1. The van der Waals surface area contributed by atoms with Gasteiger partial charge in [-0.25, -0.2) is 0 Å². The molecule has 19 heavy (non-hydrogen) atoms. The molecule has 0 aliphatic heterocycles.